The maximum Gasteiger partial charge on any atom is 0.242 e. The second-order valence-corrected chi connectivity index (χ2v) is 6.58. The molecule has 6 nitrogen and oxygen atoms in total. The summed E-state index contributed by atoms with van der Waals surface area (Å²) in [4.78, 5) is 38.8. The van der Waals surface area contributed by atoms with E-state index in [0.717, 1.165) is 17.7 Å². The maximum absolute atomic E-state index is 12.5. The molecule has 6 heteroatoms. The van der Waals surface area contributed by atoms with Crippen molar-refractivity contribution < 1.29 is 14.4 Å². The topological polar surface area (TPSA) is 69.7 Å². The van der Waals surface area contributed by atoms with Gasteiger partial charge in [0.2, 0.25) is 17.7 Å². The summed E-state index contributed by atoms with van der Waals surface area (Å²) in [7, 11) is 1.66. The molecular weight excluding hydrogens is 306 g/mol. The minimum Gasteiger partial charge on any atom is -0.336 e. The number of carbonyl (C=O) groups is 3. The third kappa shape index (κ3) is 4.34. The van der Waals surface area contributed by atoms with Crippen LogP contribution in [-0.4, -0.2) is 47.7 Å². The summed E-state index contributed by atoms with van der Waals surface area (Å²) >= 11 is 0. The molecule has 0 atom stereocenters. The Morgan fingerprint density at radius 1 is 1.25 bits per heavy atom. The van der Waals surface area contributed by atoms with Crippen LogP contribution in [0.4, 0.5) is 5.69 Å². The van der Waals surface area contributed by atoms with Crippen molar-refractivity contribution in [3.63, 3.8) is 0 Å². The van der Waals surface area contributed by atoms with Crippen molar-refractivity contribution in [1.29, 1.82) is 0 Å². The van der Waals surface area contributed by atoms with Gasteiger partial charge >= 0.3 is 0 Å². The van der Waals surface area contributed by atoms with Crippen LogP contribution in [0.25, 0.3) is 0 Å². The first-order chi connectivity index (χ1) is 11.3. The summed E-state index contributed by atoms with van der Waals surface area (Å²) in [5.41, 5.74) is 2.97. The molecule has 0 radical (unpaired) electrons. The van der Waals surface area contributed by atoms with Gasteiger partial charge in [-0.05, 0) is 29.7 Å². The Bertz CT molecular complexity index is 655. The Balaban J connectivity index is 2.04. The van der Waals surface area contributed by atoms with Crippen LogP contribution in [0.2, 0.25) is 0 Å². The van der Waals surface area contributed by atoms with Crippen LogP contribution in [-0.2, 0) is 27.3 Å². The number of benzene rings is 1. The predicted octanol–water partition coefficient (Wildman–Crippen LogP) is 1.64. The largest absolute Gasteiger partial charge is 0.336 e. The molecule has 0 unspecified atom stereocenters. The number of anilines is 1. The van der Waals surface area contributed by atoms with Crippen LogP contribution in [0, 0.1) is 5.92 Å². The number of amides is 3. The van der Waals surface area contributed by atoms with Gasteiger partial charge in [-0.3, -0.25) is 14.4 Å². The molecule has 0 saturated heterocycles. The van der Waals surface area contributed by atoms with E-state index in [-0.39, 0.29) is 30.2 Å². The SMILES string of the molecule is CC(=O)Nc1ccc2c(c1)CN(C(=O)CN(C)C(=O)C(C)C)CC2. The number of nitrogens with one attached hydrogen (secondary N) is 1. The molecule has 1 aromatic carbocycles. The lowest BCUT2D eigenvalue weighted by atomic mass is 9.99. The van der Waals surface area contributed by atoms with Crippen molar-refractivity contribution in [2.75, 3.05) is 25.5 Å². The number of rotatable bonds is 4. The lowest BCUT2D eigenvalue weighted by Crippen LogP contribution is -2.44. The zero-order valence-electron chi connectivity index (χ0n) is 14.8. The second kappa shape index (κ2) is 7.47. The molecule has 130 valence electrons. The fourth-order valence-corrected chi connectivity index (χ4v) is 2.87. The Kier molecular flexibility index (Phi) is 5.59. The van der Waals surface area contributed by atoms with Crippen molar-refractivity contribution in [2.45, 2.75) is 33.7 Å². The normalized spacial score (nSPS) is 13.5. The molecule has 0 fully saturated rings. The van der Waals surface area contributed by atoms with Crippen LogP contribution in [0.15, 0.2) is 18.2 Å². The number of nitrogens with zero attached hydrogens (tertiary/aromatic N) is 2. The lowest BCUT2D eigenvalue weighted by molar-refractivity contribution is -0.141. The Hall–Kier alpha value is -2.37. The minimum atomic E-state index is -0.120. The van der Waals surface area contributed by atoms with Crippen molar-refractivity contribution in [2.24, 2.45) is 5.92 Å². The number of likely N-dealkylation sites (N-methyl/N-ethyl adjacent to an activating group) is 1. The third-order valence-corrected chi connectivity index (χ3v) is 4.13. The van der Waals surface area contributed by atoms with E-state index in [1.54, 1.807) is 11.9 Å². The number of fused-ring (bicyclic) bond motifs is 1. The van der Waals surface area contributed by atoms with E-state index in [9.17, 15) is 14.4 Å². The summed E-state index contributed by atoms with van der Waals surface area (Å²) in [6.45, 7) is 6.36. The van der Waals surface area contributed by atoms with Crippen LogP contribution in [0.5, 0.6) is 0 Å². The zero-order valence-corrected chi connectivity index (χ0v) is 14.8. The van der Waals surface area contributed by atoms with E-state index in [0.29, 0.717) is 13.1 Å². The van der Waals surface area contributed by atoms with Crippen LogP contribution < -0.4 is 5.32 Å². The van der Waals surface area contributed by atoms with Gasteiger partial charge in [0.1, 0.15) is 0 Å². The zero-order chi connectivity index (χ0) is 17.9. The monoisotopic (exact) mass is 331 g/mol. The molecule has 0 aromatic heterocycles. The van der Waals surface area contributed by atoms with Crippen LogP contribution in [0.1, 0.15) is 31.9 Å². The highest BCUT2D eigenvalue weighted by Crippen LogP contribution is 2.23. The average molecular weight is 331 g/mol. The van der Waals surface area contributed by atoms with Gasteiger partial charge in [0, 0.05) is 38.7 Å². The molecule has 1 heterocycles. The van der Waals surface area contributed by atoms with Crippen LogP contribution >= 0.6 is 0 Å². The molecule has 0 spiro atoms. The van der Waals surface area contributed by atoms with E-state index in [1.165, 1.54) is 17.4 Å². The van der Waals surface area contributed by atoms with Gasteiger partial charge in [0.15, 0.2) is 0 Å². The average Bonchev–Trinajstić information content (AvgIpc) is 2.52. The van der Waals surface area contributed by atoms with E-state index < -0.39 is 0 Å². The first-order valence-corrected chi connectivity index (χ1v) is 8.20. The first-order valence-electron chi connectivity index (χ1n) is 8.20. The molecule has 1 N–H and O–H groups in total. The standard InChI is InChI=1S/C18H25N3O3/c1-12(2)18(24)20(4)11-17(23)21-8-7-14-5-6-16(19-13(3)22)9-15(14)10-21/h5-6,9,12H,7-8,10-11H2,1-4H3,(H,19,22). The highest BCUT2D eigenvalue weighted by Gasteiger charge is 2.24. The Morgan fingerprint density at radius 2 is 1.96 bits per heavy atom. The molecule has 1 aliphatic rings. The van der Waals surface area contributed by atoms with Gasteiger partial charge in [0.25, 0.3) is 0 Å². The predicted molar refractivity (Wildman–Crippen MR) is 92.3 cm³/mol. The number of carbonyl (C=O) groups excluding carboxylic acids is 3. The molecule has 1 aliphatic heterocycles. The number of hydrogen-bond donors (Lipinski definition) is 1. The quantitative estimate of drug-likeness (QED) is 0.912. The van der Waals surface area contributed by atoms with Gasteiger partial charge < -0.3 is 15.1 Å². The van der Waals surface area contributed by atoms with E-state index in [4.69, 9.17) is 0 Å². The summed E-state index contributed by atoms with van der Waals surface area (Å²) in [6, 6.07) is 5.79. The highest BCUT2D eigenvalue weighted by atomic mass is 16.2. The Morgan fingerprint density at radius 3 is 2.58 bits per heavy atom. The van der Waals surface area contributed by atoms with Gasteiger partial charge in [0.05, 0.1) is 6.54 Å². The molecule has 1 aromatic rings. The van der Waals surface area contributed by atoms with Gasteiger partial charge in [-0.2, -0.15) is 0 Å². The molecule has 3 amide bonds. The van der Waals surface area contributed by atoms with Crippen molar-refractivity contribution in [3.05, 3.63) is 29.3 Å². The molecular formula is C18H25N3O3. The molecule has 2 rings (SSSR count). The smallest absolute Gasteiger partial charge is 0.242 e. The van der Waals surface area contributed by atoms with Gasteiger partial charge in [-0.15, -0.1) is 0 Å². The van der Waals surface area contributed by atoms with Gasteiger partial charge in [-0.1, -0.05) is 19.9 Å². The summed E-state index contributed by atoms with van der Waals surface area (Å²) in [5.74, 6) is -0.326. The van der Waals surface area contributed by atoms with Crippen molar-refractivity contribution in [1.82, 2.24) is 9.80 Å². The molecule has 24 heavy (non-hydrogen) atoms. The van der Waals surface area contributed by atoms with Gasteiger partial charge in [-0.25, -0.2) is 0 Å². The van der Waals surface area contributed by atoms with Crippen molar-refractivity contribution in [3.8, 4) is 0 Å². The summed E-state index contributed by atoms with van der Waals surface area (Å²) < 4.78 is 0. The molecule has 0 aliphatic carbocycles. The second-order valence-electron chi connectivity index (χ2n) is 6.58. The lowest BCUT2D eigenvalue weighted by Gasteiger charge is -2.31. The fourth-order valence-electron chi connectivity index (χ4n) is 2.87. The summed E-state index contributed by atoms with van der Waals surface area (Å²) in [5, 5.41) is 2.76. The van der Waals surface area contributed by atoms with Crippen LogP contribution in [0.3, 0.4) is 0 Å². The maximum atomic E-state index is 12.5. The highest BCUT2D eigenvalue weighted by molar-refractivity contribution is 5.89. The first kappa shape index (κ1) is 18.0. The minimum absolute atomic E-state index is 0.0336. The summed E-state index contributed by atoms with van der Waals surface area (Å²) in [6.07, 6.45) is 0.781. The third-order valence-electron chi connectivity index (χ3n) is 4.13. The molecule has 0 saturated carbocycles. The van der Waals surface area contributed by atoms with Crippen molar-refractivity contribution >= 4 is 23.4 Å². The number of hydrogen-bond acceptors (Lipinski definition) is 3. The van der Waals surface area contributed by atoms with E-state index in [1.807, 2.05) is 32.0 Å². The Labute approximate surface area is 142 Å². The van der Waals surface area contributed by atoms with E-state index in [2.05, 4.69) is 5.32 Å². The molecule has 0 bridgehead atoms. The van der Waals surface area contributed by atoms with E-state index >= 15 is 0 Å². The fraction of sp³-hybridized carbons (Fsp3) is 0.500.